The van der Waals surface area contributed by atoms with E-state index in [1.54, 1.807) is 12.3 Å². The summed E-state index contributed by atoms with van der Waals surface area (Å²) in [5, 5.41) is 10.3. The van der Waals surface area contributed by atoms with Crippen molar-refractivity contribution in [3.8, 4) is 5.75 Å². The molecule has 1 atom stereocenters. The van der Waals surface area contributed by atoms with Crippen molar-refractivity contribution in [2.45, 2.75) is 38.5 Å². The van der Waals surface area contributed by atoms with Crippen LogP contribution in [-0.2, 0) is 24.2 Å². The second-order valence-electron chi connectivity index (χ2n) is 6.85. The van der Waals surface area contributed by atoms with E-state index in [-0.39, 0.29) is 30.4 Å². The van der Waals surface area contributed by atoms with Crippen LogP contribution in [0.1, 0.15) is 28.8 Å². The lowest BCUT2D eigenvalue weighted by Gasteiger charge is -2.28. The number of nitrogens with zero attached hydrogens (tertiary/aromatic N) is 2. The maximum Gasteiger partial charge on any atom is 0.526 e. The number of carbonyl (C=O) groups excluding carboxylic acids is 1. The van der Waals surface area contributed by atoms with Crippen LogP contribution < -0.4 is 16.1 Å². The molecular formula is C19H23BN4O3. The average molecular weight is 366 g/mol. The van der Waals surface area contributed by atoms with Crippen molar-refractivity contribution in [1.29, 1.82) is 0 Å². The number of rotatable bonds is 6. The molecule has 2 aromatic rings. The molecule has 7 nitrogen and oxygen atoms in total. The third-order valence-corrected chi connectivity index (χ3v) is 4.62. The highest BCUT2D eigenvalue weighted by atomic mass is 16.5. The monoisotopic (exact) mass is 366 g/mol. The van der Waals surface area contributed by atoms with Crippen molar-refractivity contribution in [3.63, 3.8) is 0 Å². The van der Waals surface area contributed by atoms with Gasteiger partial charge in [-0.25, -0.2) is 4.99 Å². The standard InChI is InChI=1S/C19H23BN4O3/c1-12-3-2-4-14-8-15(20(26)27-18(12)14)9-17(25)7-13-5-6-16(23-10-13)11-24-19(21)22/h2-6,10,15,26H,7-9,11H2,1H3,(H4,21,22,24). The molecule has 1 aliphatic heterocycles. The minimum absolute atomic E-state index is 0.0149. The summed E-state index contributed by atoms with van der Waals surface area (Å²) >= 11 is 0. The van der Waals surface area contributed by atoms with Gasteiger partial charge in [0.15, 0.2) is 5.96 Å². The van der Waals surface area contributed by atoms with Crippen LogP contribution >= 0.6 is 0 Å². The van der Waals surface area contributed by atoms with Crippen molar-refractivity contribution < 1.29 is 14.5 Å². The van der Waals surface area contributed by atoms with Crippen LogP contribution in [0.25, 0.3) is 0 Å². The van der Waals surface area contributed by atoms with Gasteiger partial charge >= 0.3 is 7.12 Å². The Kier molecular flexibility index (Phi) is 5.76. The summed E-state index contributed by atoms with van der Waals surface area (Å²) < 4.78 is 5.65. The van der Waals surface area contributed by atoms with E-state index >= 15 is 0 Å². The molecule has 0 bridgehead atoms. The molecule has 0 amide bonds. The molecule has 1 aliphatic rings. The third-order valence-electron chi connectivity index (χ3n) is 4.62. The number of aryl methyl sites for hydroxylation is 1. The molecular weight excluding hydrogens is 343 g/mol. The summed E-state index contributed by atoms with van der Waals surface area (Å²) in [5.74, 6) is 0.536. The summed E-state index contributed by atoms with van der Waals surface area (Å²) in [7, 11) is -0.970. The van der Waals surface area contributed by atoms with E-state index in [4.69, 9.17) is 16.1 Å². The molecule has 0 radical (unpaired) electrons. The first-order valence-electron chi connectivity index (χ1n) is 8.86. The Balaban J connectivity index is 1.58. The SMILES string of the molecule is Cc1cccc2c1OB(O)C(CC(=O)Cc1ccc(CN=C(N)N)nc1)C2. The van der Waals surface area contributed by atoms with Gasteiger partial charge in [-0.15, -0.1) is 0 Å². The largest absolute Gasteiger partial charge is 0.536 e. The molecule has 3 rings (SSSR count). The Bertz CT molecular complexity index is 851. The van der Waals surface area contributed by atoms with E-state index in [1.165, 1.54) is 0 Å². The first-order chi connectivity index (χ1) is 12.9. The van der Waals surface area contributed by atoms with Crippen molar-refractivity contribution >= 4 is 18.9 Å². The third kappa shape index (κ3) is 4.86. The average Bonchev–Trinajstić information content (AvgIpc) is 2.62. The quantitative estimate of drug-likeness (QED) is 0.400. The lowest BCUT2D eigenvalue weighted by Crippen LogP contribution is -2.35. The number of pyridine rings is 1. The van der Waals surface area contributed by atoms with Gasteiger partial charge in [0.1, 0.15) is 11.5 Å². The summed E-state index contributed by atoms with van der Waals surface area (Å²) in [6, 6.07) is 9.52. The molecule has 2 heterocycles. The van der Waals surface area contributed by atoms with E-state index in [0.29, 0.717) is 13.0 Å². The maximum absolute atomic E-state index is 12.5. The molecule has 1 aromatic carbocycles. The van der Waals surface area contributed by atoms with Crippen LogP contribution in [0.3, 0.4) is 0 Å². The highest BCUT2D eigenvalue weighted by molar-refractivity contribution is 6.46. The maximum atomic E-state index is 12.5. The van der Waals surface area contributed by atoms with Crippen LogP contribution in [0.5, 0.6) is 5.75 Å². The van der Waals surface area contributed by atoms with E-state index in [0.717, 1.165) is 28.1 Å². The van der Waals surface area contributed by atoms with Crippen LogP contribution in [0.2, 0.25) is 5.82 Å². The molecule has 5 N–H and O–H groups in total. The number of para-hydroxylation sites is 1. The van der Waals surface area contributed by atoms with Crippen molar-refractivity contribution in [1.82, 2.24) is 4.98 Å². The zero-order valence-electron chi connectivity index (χ0n) is 15.3. The summed E-state index contributed by atoms with van der Waals surface area (Å²) in [5.41, 5.74) is 14.2. The van der Waals surface area contributed by atoms with Gasteiger partial charge < -0.3 is 21.1 Å². The second kappa shape index (κ2) is 8.22. The van der Waals surface area contributed by atoms with E-state index in [9.17, 15) is 9.82 Å². The van der Waals surface area contributed by atoms with Crippen molar-refractivity contribution in [2.75, 3.05) is 0 Å². The minimum Gasteiger partial charge on any atom is -0.536 e. The molecule has 1 unspecified atom stereocenters. The molecule has 1 aromatic heterocycles. The smallest absolute Gasteiger partial charge is 0.526 e. The number of aliphatic imine (C=N–C) groups is 1. The minimum atomic E-state index is -0.970. The second-order valence-corrected chi connectivity index (χ2v) is 6.85. The van der Waals surface area contributed by atoms with Crippen LogP contribution in [0, 0.1) is 6.92 Å². The lowest BCUT2D eigenvalue weighted by atomic mass is 9.64. The zero-order valence-corrected chi connectivity index (χ0v) is 15.3. The Hall–Kier alpha value is -2.87. The first kappa shape index (κ1) is 18.9. The number of guanidine groups is 1. The molecule has 0 spiro atoms. The fourth-order valence-corrected chi connectivity index (χ4v) is 3.23. The van der Waals surface area contributed by atoms with E-state index in [2.05, 4.69) is 9.98 Å². The fraction of sp³-hybridized carbons (Fsp3) is 0.316. The van der Waals surface area contributed by atoms with Gasteiger partial charge in [0, 0.05) is 24.9 Å². The summed E-state index contributed by atoms with van der Waals surface area (Å²) in [6.45, 7) is 2.25. The van der Waals surface area contributed by atoms with Gasteiger partial charge in [-0.1, -0.05) is 24.3 Å². The fourth-order valence-electron chi connectivity index (χ4n) is 3.23. The van der Waals surface area contributed by atoms with Crippen LogP contribution in [0.4, 0.5) is 0 Å². The number of nitrogens with two attached hydrogens (primary N) is 2. The number of hydrogen-bond donors (Lipinski definition) is 3. The summed E-state index contributed by atoms with van der Waals surface area (Å²) in [6.07, 6.45) is 2.80. The van der Waals surface area contributed by atoms with Gasteiger partial charge in [0.05, 0.1) is 12.2 Å². The molecule has 0 fully saturated rings. The number of benzene rings is 1. The number of hydrogen-bond acceptors (Lipinski definition) is 5. The summed E-state index contributed by atoms with van der Waals surface area (Å²) in [4.78, 5) is 20.6. The molecule has 140 valence electrons. The van der Waals surface area contributed by atoms with E-state index in [1.807, 2.05) is 31.2 Å². The zero-order chi connectivity index (χ0) is 19.4. The van der Waals surface area contributed by atoms with Crippen molar-refractivity contribution in [3.05, 3.63) is 58.9 Å². The van der Waals surface area contributed by atoms with Crippen LogP contribution in [-0.4, -0.2) is 28.9 Å². The Morgan fingerprint density at radius 3 is 2.89 bits per heavy atom. The molecule has 8 heteroatoms. The topological polar surface area (TPSA) is 124 Å². The molecule has 0 aliphatic carbocycles. The number of Topliss-reactive ketones (excluding diaryl/α,β-unsaturated/α-hetero) is 1. The predicted octanol–water partition coefficient (Wildman–Crippen LogP) is 1.15. The van der Waals surface area contributed by atoms with Gasteiger partial charge in [-0.05, 0) is 36.1 Å². The highest BCUT2D eigenvalue weighted by Crippen LogP contribution is 2.35. The molecule has 0 saturated carbocycles. The first-order valence-corrected chi connectivity index (χ1v) is 8.86. The Labute approximate surface area is 158 Å². The Morgan fingerprint density at radius 2 is 2.19 bits per heavy atom. The lowest BCUT2D eigenvalue weighted by molar-refractivity contribution is -0.118. The number of aromatic nitrogens is 1. The highest BCUT2D eigenvalue weighted by Gasteiger charge is 2.36. The van der Waals surface area contributed by atoms with Gasteiger partial charge in [0.25, 0.3) is 0 Å². The van der Waals surface area contributed by atoms with Gasteiger partial charge in [-0.3, -0.25) is 9.78 Å². The normalized spacial score (nSPS) is 15.6. The van der Waals surface area contributed by atoms with Gasteiger partial charge in [0.2, 0.25) is 0 Å². The number of fused-ring (bicyclic) bond motifs is 1. The number of carbonyl (C=O) groups is 1. The van der Waals surface area contributed by atoms with Gasteiger partial charge in [-0.2, -0.15) is 0 Å². The molecule has 27 heavy (non-hydrogen) atoms. The predicted molar refractivity (Wildman–Crippen MR) is 104 cm³/mol. The van der Waals surface area contributed by atoms with Crippen LogP contribution in [0.15, 0.2) is 41.5 Å². The Morgan fingerprint density at radius 1 is 1.37 bits per heavy atom. The molecule has 0 saturated heterocycles. The van der Waals surface area contributed by atoms with E-state index < -0.39 is 7.12 Å². The van der Waals surface area contributed by atoms with Crippen molar-refractivity contribution in [2.24, 2.45) is 16.5 Å². The number of ketones is 1.